The molecule has 11 heteroatoms. The highest BCUT2D eigenvalue weighted by Crippen LogP contribution is 2.30. The highest BCUT2D eigenvalue weighted by atomic mass is 35.5. The summed E-state index contributed by atoms with van der Waals surface area (Å²) in [5.74, 6) is -2.33. The van der Waals surface area contributed by atoms with Crippen LogP contribution in [0.3, 0.4) is 0 Å². The largest absolute Gasteiger partial charge is 0.396 e. The molecule has 8 nitrogen and oxygen atoms in total. The van der Waals surface area contributed by atoms with Gasteiger partial charge in [0, 0.05) is 50.7 Å². The molecule has 0 radical (unpaired) electrons. The number of nitrogens with zero attached hydrogens (tertiary/aromatic N) is 4. The highest BCUT2D eigenvalue weighted by Gasteiger charge is 2.37. The molecule has 2 aliphatic heterocycles. The average Bonchev–Trinajstić information content (AvgIpc) is 3.02. The number of anilines is 1. The molecular formula is C20H22ClF2N5O3. The molecule has 31 heavy (non-hydrogen) atoms. The number of fused-ring (bicyclic) bond motifs is 3. The first-order chi connectivity index (χ1) is 14.7. The molecule has 4 rings (SSSR count). The molecule has 2 atom stereocenters. The van der Waals surface area contributed by atoms with Crippen molar-refractivity contribution >= 4 is 29.2 Å². The van der Waals surface area contributed by atoms with Gasteiger partial charge in [0.15, 0.2) is 5.82 Å². The molecule has 0 fully saturated rings. The number of halogens is 3. The number of urea groups is 1. The second kappa shape index (κ2) is 8.08. The van der Waals surface area contributed by atoms with Crippen molar-refractivity contribution in [3.63, 3.8) is 0 Å². The van der Waals surface area contributed by atoms with Crippen molar-refractivity contribution in [2.75, 3.05) is 25.5 Å². The third kappa shape index (κ3) is 3.74. The summed E-state index contributed by atoms with van der Waals surface area (Å²) in [6.45, 7) is 2.66. The number of hydrogen-bond acceptors (Lipinski definition) is 4. The van der Waals surface area contributed by atoms with Crippen LogP contribution in [-0.2, 0) is 19.5 Å². The molecule has 0 bridgehead atoms. The van der Waals surface area contributed by atoms with E-state index >= 15 is 0 Å². The van der Waals surface area contributed by atoms with Crippen LogP contribution in [0.5, 0.6) is 0 Å². The minimum absolute atomic E-state index is 0.0711. The molecule has 0 spiro atoms. The van der Waals surface area contributed by atoms with Crippen LogP contribution >= 0.6 is 11.6 Å². The Hall–Kier alpha value is -2.72. The fourth-order valence-corrected chi connectivity index (χ4v) is 4.28. The Morgan fingerprint density at radius 1 is 1.35 bits per heavy atom. The van der Waals surface area contributed by atoms with E-state index in [1.807, 2.05) is 6.92 Å². The zero-order valence-electron chi connectivity index (χ0n) is 17.0. The first-order valence-electron chi connectivity index (χ1n) is 9.87. The van der Waals surface area contributed by atoms with Crippen LogP contribution in [0.1, 0.15) is 28.7 Å². The fraction of sp³-hybridized carbons (Fsp3) is 0.450. The van der Waals surface area contributed by atoms with Gasteiger partial charge in [0.1, 0.15) is 16.5 Å². The van der Waals surface area contributed by atoms with E-state index in [-0.39, 0.29) is 36.7 Å². The topological polar surface area (TPSA) is 90.7 Å². The van der Waals surface area contributed by atoms with Crippen LogP contribution in [0, 0.1) is 17.6 Å². The summed E-state index contributed by atoms with van der Waals surface area (Å²) in [6.07, 6.45) is 0.413. The van der Waals surface area contributed by atoms with Gasteiger partial charge in [-0.3, -0.25) is 9.48 Å². The van der Waals surface area contributed by atoms with E-state index in [1.165, 1.54) is 4.90 Å². The van der Waals surface area contributed by atoms with Gasteiger partial charge < -0.3 is 20.2 Å². The first kappa shape index (κ1) is 21.5. The molecule has 3 amide bonds. The lowest BCUT2D eigenvalue weighted by molar-refractivity contribution is 0.0761. The summed E-state index contributed by atoms with van der Waals surface area (Å²) in [7, 11) is 1.66. The number of benzene rings is 1. The average molecular weight is 454 g/mol. The summed E-state index contributed by atoms with van der Waals surface area (Å²) in [5.41, 5.74) is 1.53. The standard InChI is InChI=1S/C20H22ClF2N5O3/c1-10-5-15-12(18-19(30)26(2)6-11(9-29)7-28(18)25-15)8-27(10)20(31)24-14-4-3-13(22)16(21)17(14)23/h3-4,10-11,29H,5-9H2,1-2H3,(H,24,31). The van der Waals surface area contributed by atoms with Gasteiger partial charge >= 0.3 is 6.03 Å². The van der Waals surface area contributed by atoms with Crippen molar-refractivity contribution in [3.8, 4) is 0 Å². The van der Waals surface area contributed by atoms with Gasteiger partial charge in [-0.1, -0.05) is 11.6 Å². The van der Waals surface area contributed by atoms with Crippen molar-refractivity contribution in [2.45, 2.75) is 32.5 Å². The summed E-state index contributed by atoms with van der Waals surface area (Å²) < 4.78 is 29.2. The molecule has 2 aromatic rings. The maximum atomic E-state index is 14.2. The van der Waals surface area contributed by atoms with Gasteiger partial charge in [0.25, 0.3) is 5.91 Å². The fourth-order valence-electron chi connectivity index (χ4n) is 4.12. The second-order valence-electron chi connectivity index (χ2n) is 8.02. The normalized spacial score (nSPS) is 20.9. The zero-order valence-corrected chi connectivity index (χ0v) is 17.8. The van der Waals surface area contributed by atoms with E-state index in [0.29, 0.717) is 30.8 Å². The third-order valence-corrected chi connectivity index (χ3v) is 6.14. The lowest BCUT2D eigenvalue weighted by Crippen LogP contribution is -2.45. The van der Waals surface area contributed by atoms with E-state index in [4.69, 9.17) is 11.6 Å². The van der Waals surface area contributed by atoms with E-state index in [9.17, 15) is 23.5 Å². The van der Waals surface area contributed by atoms with Gasteiger partial charge in [-0.25, -0.2) is 13.6 Å². The molecular weight excluding hydrogens is 432 g/mol. The van der Waals surface area contributed by atoms with Crippen molar-refractivity contribution in [1.82, 2.24) is 19.6 Å². The van der Waals surface area contributed by atoms with Gasteiger partial charge in [-0.05, 0) is 19.1 Å². The van der Waals surface area contributed by atoms with Crippen LogP contribution in [0.2, 0.25) is 5.02 Å². The van der Waals surface area contributed by atoms with Crippen molar-refractivity contribution in [1.29, 1.82) is 0 Å². The monoisotopic (exact) mass is 453 g/mol. The van der Waals surface area contributed by atoms with E-state index in [0.717, 1.165) is 17.8 Å². The van der Waals surface area contributed by atoms with Gasteiger partial charge in [0.2, 0.25) is 0 Å². The first-order valence-corrected chi connectivity index (χ1v) is 10.2. The molecule has 2 N–H and O–H groups in total. The summed E-state index contributed by atoms with van der Waals surface area (Å²) in [4.78, 5) is 28.9. The minimum Gasteiger partial charge on any atom is -0.396 e. The predicted molar refractivity (Wildman–Crippen MR) is 109 cm³/mol. The molecule has 1 aromatic heterocycles. The quantitative estimate of drug-likeness (QED) is 0.683. The maximum absolute atomic E-state index is 14.2. The number of rotatable bonds is 2. The molecule has 0 aliphatic carbocycles. The minimum atomic E-state index is -1.05. The molecule has 1 aromatic carbocycles. The molecule has 166 valence electrons. The zero-order chi connectivity index (χ0) is 22.4. The number of carbonyl (C=O) groups excluding carboxylic acids is 2. The molecule has 0 saturated heterocycles. The van der Waals surface area contributed by atoms with Crippen LogP contribution in [0.15, 0.2) is 12.1 Å². The van der Waals surface area contributed by atoms with Crippen molar-refractivity contribution in [2.24, 2.45) is 5.92 Å². The smallest absolute Gasteiger partial charge is 0.322 e. The molecule has 0 saturated carbocycles. The van der Waals surface area contributed by atoms with Gasteiger partial charge in [-0.15, -0.1) is 0 Å². The van der Waals surface area contributed by atoms with Crippen LogP contribution < -0.4 is 5.32 Å². The van der Waals surface area contributed by atoms with Gasteiger partial charge in [-0.2, -0.15) is 5.10 Å². The Labute approximate surface area is 182 Å². The summed E-state index contributed by atoms with van der Waals surface area (Å²) in [6, 6.07) is 1.21. The SMILES string of the molecule is CC1Cc2nn3c(c2CN1C(=O)Nc1ccc(F)c(Cl)c1F)C(=O)N(C)CC(CO)C3. The third-order valence-electron chi connectivity index (χ3n) is 5.79. The second-order valence-corrected chi connectivity index (χ2v) is 8.40. The molecule has 3 heterocycles. The summed E-state index contributed by atoms with van der Waals surface area (Å²) >= 11 is 5.60. The maximum Gasteiger partial charge on any atom is 0.322 e. The van der Waals surface area contributed by atoms with E-state index in [1.54, 1.807) is 16.6 Å². The Balaban J connectivity index is 1.63. The number of aliphatic hydroxyl groups is 1. The Bertz CT molecular complexity index is 1060. The van der Waals surface area contributed by atoms with E-state index < -0.39 is 22.7 Å². The van der Waals surface area contributed by atoms with Crippen molar-refractivity contribution < 1.29 is 23.5 Å². The molecule has 2 unspecified atom stereocenters. The lowest BCUT2D eigenvalue weighted by Gasteiger charge is -2.33. The van der Waals surface area contributed by atoms with Crippen LogP contribution in [0.25, 0.3) is 0 Å². The number of aromatic nitrogens is 2. The highest BCUT2D eigenvalue weighted by molar-refractivity contribution is 6.31. The number of nitrogens with one attached hydrogen (secondary N) is 1. The molecule has 2 aliphatic rings. The van der Waals surface area contributed by atoms with E-state index in [2.05, 4.69) is 10.4 Å². The number of carbonyl (C=O) groups is 2. The van der Waals surface area contributed by atoms with Gasteiger partial charge in [0.05, 0.1) is 17.9 Å². The number of amides is 3. The summed E-state index contributed by atoms with van der Waals surface area (Å²) in [5, 5.41) is 15.9. The number of aliphatic hydroxyl groups excluding tert-OH is 1. The lowest BCUT2D eigenvalue weighted by atomic mass is 9.99. The Kier molecular flexibility index (Phi) is 5.61. The Morgan fingerprint density at radius 3 is 2.81 bits per heavy atom. The number of hydrogen-bond donors (Lipinski definition) is 2. The Morgan fingerprint density at radius 2 is 2.10 bits per heavy atom. The van der Waals surface area contributed by atoms with Crippen LogP contribution in [0.4, 0.5) is 19.3 Å². The predicted octanol–water partition coefficient (Wildman–Crippen LogP) is 2.49. The van der Waals surface area contributed by atoms with Crippen LogP contribution in [-0.4, -0.2) is 62.9 Å². The van der Waals surface area contributed by atoms with Crippen molar-refractivity contribution in [3.05, 3.63) is 45.7 Å².